The summed E-state index contributed by atoms with van der Waals surface area (Å²) in [5.74, 6) is -2.10. The Morgan fingerprint density at radius 3 is 2.23 bits per heavy atom. The number of para-hydroxylation sites is 1. The smallest absolute Gasteiger partial charge is 0.323 e. The molecule has 9 heteroatoms. The zero-order valence-corrected chi connectivity index (χ0v) is 28.7. The molecule has 1 amide bonds. The Labute approximate surface area is 282 Å². The molecule has 1 aromatic heterocycles. The zero-order valence-electron chi connectivity index (χ0n) is 27.8. The van der Waals surface area contributed by atoms with Gasteiger partial charge in [-0.05, 0) is 62.6 Å². The average Bonchev–Trinajstić information content (AvgIpc) is 3.66. The normalized spacial score (nSPS) is 24.3. The van der Waals surface area contributed by atoms with E-state index in [-0.39, 0.29) is 29.5 Å². The van der Waals surface area contributed by atoms with Crippen LogP contribution in [-0.4, -0.2) is 47.6 Å². The van der Waals surface area contributed by atoms with Crippen LogP contribution in [-0.2, 0) is 35.5 Å². The standard InChI is InChI=1S/C39H42N2O6S/c1-7-28-31(8-2)39(37(43)47-38(4,5)6,36(42)40-34(25-46-35(28)40)26-18-12-10-13-19-26)24-30-29-22-16-17-23-33(29)41(32(30)9-3)48(44,45)27-20-14-11-15-21-27/h8-23,28,31,34-35H,2-3,7,24-25H2,1,4-6H3/t28-,31+,34+,35+,39+/m1/s1. The number of aromatic nitrogens is 1. The lowest BCUT2D eigenvalue weighted by Gasteiger charge is -2.51. The molecule has 2 aliphatic heterocycles. The second-order valence-corrected chi connectivity index (χ2v) is 15.3. The third kappa shape index (κ3) is 5.29. The van der Waals surface area contributed by atoms with Crippen LogP contribution in [0.3, 0.4) is 0 Å². The van der Waals surface area contributed by atoms with E-state index in [9.17, 15) is 13.2 Å². The molecule has 4 aromatic rings. The maximum Gasteiger partial charge on any atom is 0.323 e. The molecule has 0 bridgehead atoms. The van der Waals surface area contributed by atoms with Gasteiger partial charge in [0, 0.05) is 23.6 Å². The maximum absolute atomic E-state index is 15.4. The van der Waals surface area contributed by atoms with Gasteiger partial charge in [0.15, 0.2) is 5.41 Å². The summed E-state index contributed by atoms with van der Waals surface area (Å²) in [4.78, 5) is 32.1. The molecule has 6 rings (SSSR count). The van der Waals surface area contributed by atoms with Crippen molar-refractivity contribution in [1.29, 1.82) is 0 Å². The SMILES string of the molecule is C=Cc1c(C[C@@]2(C(=O)OC(C)(C)C)C(=O)N3[C@H](c4ccccc4)CO[C@H]3[C@H](CC)[C@@H]2C=C)c2ccccc2n1S(=O)(=O)c1ccccc1. The molecule has 0 aliphatic carbocycles. The van der Waals surface area contributed by atoms with Crippen LogP contribution in [0.25, 0.3) is 17.0 Å². The number of amides is 1. The first-order chi connectivity index (χ1) is 22.9. The van der Waals surface area contributed by atoms with Crippen LogP contribution in [0.2, 0.25) is 0 Å². The summed E-state index contributed by atoms with van der Waals surface area (Å²) in [6, 6.07) is 24.5. The van der Waals surface area contributed by atoms with Crippen LogP contribution in [0, 0.1) is 17.3 Å². The Balaban J connectivity index is 1.63. The minimum Gasteiger partial charge on any atom is -0.459 e. The van der Waals surface area contributed by atoms with E-state index in [1.165, 1.54) is 10.0 Å². The molecule has 3 heterocycles. The van der Waals surface area contributed by atoms with E-state index in [1.54, 1.807) is 74.2 Å². The largest absolute Gasteiger partial charge is 0.459 e. The molecule has 0 spiro atoms. The number of nitrogens with zero attached hydrogens (tertiary/aromatic N) is 2. The molecule has 2 saturated heterocycles. The molecule has 0 radical (unpaired) electrons. The number of hydrogen-bond acceptors (Lipinski definition) is 6. The van der Waals surface area contributed by atoms with Gasteiger partial charge < -0.3 is 14.4 Å². The highest BCUT2D eigenvalue weighted by atomic mass is 32.2. The monoisotopic (exact) mass is 666 g/mol. The maximum atomic E-state index is 15.4. The Kier molecular flexibility index (Phi) is 8.72. The highest BCUT2D eigenvalue weighted by Crippen LogP contribution is 2.54. The minimum absolute atomic E-state index is 0.105. The lowest BCUT2D eigenvalue weighted by Crippen LogP contribution is -2.65. The number of benzene rings is 3. The molecule has 0 saturated carbocycles. The van der Waals surface area contributed by atoms with Crippen LogP contribution in [0.5, 0.6) is 0 Å². The predicted octanol–water partition coefficient (Wildman–Crippen LogP) is 7.16. The lowest BCUT2D eigenvalue weighted by atomic mass is 9.61. The number of piperidine rings is 1. The van der Waals surface area contributed by atoms with Crippen molar-refractivity contribution >= 4 is 38.9 Å². The zero-order chi connectivity index (χ0) is 34.4. The fourth-order valence-corrected chi connectivity index (χ4v) is 9.15. The highest BCUT2D eigenvalue weighted by Gasteiger charge is 2.65. The highest BCUT2D eigenvalue weighted by molar-refractivity contribution is 7.90. The van der Waals surface area contributed by atoms with Gasteiger partial charge in [0.1, 0.15) is 11.8 Å². The number of esters is 1. The quantitative estimate of drug-likeness (QED) is 0.107. The fraction of sp³-hybridized carbons (Fsp3) is 0.333. The second-order valence-electron chi connectivity index (χ2n) is 13.5. The Morgan fingerprint density at radius 2 is 1.62 bits per heavy atom. The van der Waals surface area contributed by atoms with E-state index >= 15 is 4.79 Å². The topological polar surface area (TPSA) is 94.9 Å². The van der Waals surface area contributed by atoms with Gasteiger partial charge in [0.05, 0.1) is 28.8 Å². The van der Waals surface area contributed by atoms with Gasteiger partial charge in [-0.15, -0.1) is 6.58 Å². The summed E-state index contributed by atoms with van der Waals surface area (Å²) in [6.45, 7) is 15.8. The number of carbonyl (C=O) groups is 2. The molecule has 2 aliphatic rings. The first-order valence-corrected chi connectivity index (χ1v) is 17.8. The third-order valence-electron chi connectivity index (χ3n) is 9.63. The van der Waals surface area contributed by atoms with Gasteiger partial charge >= 0.3 is 5.97 Å². The number of carbonyl (C=O) groups excluding carboxylic acids is 2. The molecule has 3 aromatic carbocycles. The van der Waals surface area contributed by atoms with Crippen molar-refractivity contribution in [3.05, 3.63) is 121 Å². The van der Waals surface area contributed by atoms with Gasteiger partial charge in [-0.3, -0.25) is 9.59 Å². The van der Waals surface area contributed by atoms with Crippen molar-refractivity contribution in [1.82, 2.24) is 8.87 Å². The first kappa shape index (κ1) is 33.4. The van der Waals surface area contributed by atoms with Crippen molar-refractivity contribution in [2.75, 3.05) is 6.61 Å². The van der Waals surface area contributed by atoms with Gasteiger partial charge in [0.2, 0.25) is 5.91 Å². The minimum atomic E-state index is -4.11. The summed E-state index contributed by atoms with van der Waals surface area (Å²) in [5, 5.41) is 0.595. The molecule has 0 unspecified atom stereocenters. The molecular formula is C39H42N2O6S. The van der Waals surface area contributed by atoms with Crippen LogP contribution in [0.1, 0.15) is 57.0 Å². The van der Waals surface area contributed by atoms with Gasteiger partial charge in [0.25, 0.3) is 10.0 Å². The molecule has 8 nitrogen and oxygen atoms in total. The summed E-state index contributed by atoms with van der Waals surface area (Å²) >= 11 is 0. The third-order valence-corrected chi connectivity index (χ3v) is 11.4. The van der Waals surface area contributed by atoms with E-state index in [0.717, 1.165) is 5.56 Å². The van der Waals surface area contributed by atoms with E-state index in [2.05, 4.69) is 13.2 Å². The van der Waals surface area contributed by atoms with Crippen LogP contribution in [0.15, 0.2) is 109 Å². The van der Waals surface area contributed by atoms with Crippen molar-refractivity contribution in [3.63, 3.8) is 0 Å². The molecule has 250 valence electrons. The predicted molar refractivity (Wildman–Crippen MR) is 186 cm³/mol. The van der Waals surface area contributed by atoms with E-state index in [4.69, 9.17) is 9.47 Å². The van der Waals surface area contributed by atoms with E-state index in [1.807, 2.05) is 49.4 Å². The van der Waals surface area contributed by atoms with E-state index in [0.29, 0.717) is 22.9 Å². The molecule has 2 fully saturated rings. The van der Waals surface area contributed by atoms with E-state index < -0.39 is 51.1 Å². The van der Waals surface area contributed by atoms with Gasteiger partial charge in [-0.25, -0.2) is 12.4 Å². The number of rotatable bonds is 9. The van der Waals surface area contributed by atoms with Gasteiger partial charge in [-0.2, -0.15) is 0 Å². The summed E-state index contributed by atoms with van der Waals surface area (Å²) in [5.41, 5.74) is -0.602. The van der Waals surface area contributed by atoms with Crippen molar-refractivity contribution in [3.8, 4) is 0 Å². The van der Waals surface area contributed by atoms with Crippen molar-refractivity contribution in [2.24, 2.45) is 17.3 Å². The number of ether oxygens (including phenoxy) is 2. The molecule has 48 heavy (non-hydrogen) atoms. The number of hydrogen-bond donors (Lipinski definition) is 0. The van der Waals surface area contributed by atoms with Crippen molar-refractivity contribution < 1.29 is 27.5 Å². The summed E-state index contributed by atoms with van der Waals surface area (Å²) < 4.78 is 42.3. The lowest BCUT2D eigenvalue weighted by molar-refractivity contribution is -0.194. The molecular weight excluding hydrogens is 625 g/mol. The Bertz CT molecular complexity index is 1980. The number of fused-ring (bicyclic) bond motifs is 2. The Hall–Kier alpha value is -4.47. The van der Waals surface area contributed by atoms with Gasteiger partial charge in [-0.1, -0.05) is 86.3 Å². The second kappa shape index (κ2) is 12.5. The molecule has 0 N–H and O–H groups in total. The van der Waals surface area contributed by atoms with Crippen molar-refractivity contribution in [2.45, 2.75) is 63.3 Å². The number of allylic oxidation sites excluding steroid dienone is 1. The average molecular weight is 667 g/mol. The summed E-state index contributed by atoms with van der Waals surface area (Å²) in [7, 11) is -4.11. The first-order valence-electron chi connectivity index (χ1n) is 16.3. The Morgan fingerprint density at radius 1 is 1.00 bits per heavy atom. The fourth-order valence-electron chi connectivity index (χ4n) is 7.58. The van der Waals surface area contributed by atoms with Crippen LogP contribution >= 0.6 is 0 Å². The van der Waals surface area contributed by atoms with Crippen LogP contribution < -0.4 is 0 Å². The molecule has 5 atom stereocenters. The summed E-state index contributed by atoms with van der Waals surface area (Å²) in [6.07, 6.45) is 3.04. The van der Waals surface area contributed by atoms with Crippen LogP contribution in [0.4, 0.5) is 0 Å².